The van der Waals surface area contributed by atoms with Gasteiger partial charge >= 0.3 is 5.97 Å². The lowest BCUT2D eigenvalue weighted by Gasteiger charge is -1.95. The van der Waals surface area contributed by atoms with Gasteiger partial charge in [-0.2, -0.15) is 0 Å². The molecule has 14 heavy (non-hydrogen) atoms. The summed E-state index contributed by atoms with van der Waals surface area (Å²) in [6.45, 7) is 2.19. The molecule has 0 saturated carbocycles. The van der Waals surface area contributed by atoms with Crippen LogP contribution in [0, 0.1) is 0 Å². The van der Waals surface area contributed by atoms with Gasteiger partial charge in [0.05, 0.1) is 6.61 Å². The van der Waals surface area contributed by atoms with E-state index in [4.69, 9.17) is 4.74 Å². The first-order chi connectivity index (χ1) is 6.72. The highest BCUT2D eigenvalue weighted by atomic mass is 79.9. The molecule has 1 rings (SSSR count). The summed E-state index contributed by atoms with van der Waals surface area (Å²) in [6.07, 6.45) is 3.15. The van der Waals surface area contributed by atoms with Crippen LogP contribution in [-0.4, -0.2) is 12.6 Å². The summed E-state index contributed by atoms with van der Waals surface area (Å²) >= 11 is 3.35. The molecule has 2 nitrogen and oxygen atoms in total. The zero-order valence-corrected chi connectivity index (χ0v) is 9.45. The second kappa shape index (κ2) is 5.60. The Kier molecular flexibility index (Phi) is 4.40. The number of carbonyl (C=O) groups excluding carboxylic acids is 1. The summed E-state index contributed by atoms with van der Waals surface area (Å²) < 4.78 is 5.75. The standard InChI is InChI=1S/C11H11BrO2/c1-2-14-11(13)7-6-9-4-3-5-10(12)8-9/h3-8H,2H2,1H3. The first-order valence-electron chi connectivity index (χ1n) is 4.33. The third-order valence-electron chi connectivity index (χ3n) is 1.55. The zero-order chi connectivity index (χ0) is 10.4. The van der Waals surface area contributed by atoms with Crippen molar-refractivity contribution >= 4 is 28.0 Å². The molecule has 0 atom stereocenters. The average molecular weight is 255 g/mol. The van der Waals surface area contributed by atoms with Crippen molar-refractivity contribution in [1.29, 1.82) is 0 Å². The topological polar surface area (TPSA) is 26.3 Å². The van der Waals surface area contributed by atoms with Gasteiger partial charge in [-0.1, -0.05) is 28.1 Å². The van der Waals surface area contributed by atoms with Gasteiger partial charge in [-0.15, -0.1) is 0 Å². The van der Waals surface area contributed by atoms with Crippen LogP contribution >= 0.6 is 15.9 Å². The molecular formula is C11H11BrO2. The molecule has 0 amide bonds. The van der Waals surface area contributed by atoms with Gasteiger partial charge in [-0.05, 0) is 30.7 Å². The van der Waals surface area contributed by atoms with E-state index in [0.717, 1.165) is 10.0 Å². The normalized spacial score (nSPS) is 10.4. The molecule has 3 heteroatoms. The fraction of sp³-hybridized carbons (Fsp3) is 0.182. The molecule has 0 heterocycles. The van der Waals surface area contributed by atoms with Gasteiger partial charge in [0.25, 0.3) is 0 Å². The highest BCUT2D eigenvalue weighted by Crippen LogP contribution is 2.12. The molecule has 1 aromatic carbocycles. The number of hydrogen-bond acceptors (Lipinski definition) is 2. The molecule has 0 aliphatic carbocycles. The van der Waals surface area contributed by atoms with Gasteiger partial charge < -0.3 is 4.74 Å². The van der Waals surface area contributed by atoms with Crippen LogP contribution in [-0.2, 0) is 9.53 Å². The smallest absolute Gasteiger partial charge is 0.330 e. The van der Waals surface area contributed by atoms with Crippen LogP contribution in [0.15, 0.2) is 34.8 Å². The lowest BCUT2D eigenvalue weighted by Crippen LogP contribution is -1.98. The molecule has 0 radical (unpaired) electrons. The van der Waals surface area contributed by atoms with Gasteiger partial charge in [-0.25, -0.2) is 4.79 Å². The summed E-state index contributed by atoms with van der Waals surface area (Å²) in [5, 5.41) is 0. The Labute approximate surface area is 91.7 Å². The van der Waals surface area contributed by atoms with Crippen LogP contribution in [0.3, 0.4) is 0 Å². The fourth-order valence-corrected chi connectivity index (χ4v) is 1.38. The first kappa shape index (κ1) is 11.0. The number of ether oxygens (including phenoxy) is 1. The van der Waals surface area contributed by atoms with E-state index in [2.05, 4.69) is 15.9 Å². The number of carbonyl (C=O) groups is 1. The number of benzene rings is 1. The third-order valence-corrected chi connectivity index (χ3v) is 2.04. The Morgan fingerprint density at radius 1 is 1.57 bits per heavy atom. The predicted octanol–water partition coefficient (Wildman–Crippen LogP) is 3.03. The molecule has 0 aliphatic rings. The SMILES string of the molecule is CCOC(=O)C=Cc1cccc(Br)c1. The summed E-state index contributed by atoms with van der Waals surface area (Å²) in [6, 6.07) is 7.69. The molecule has 74 valence electrons. The van der Waals surface area contributed by atoms with E-state index in [1.54, 1.807) is 13.0 Å². The van der Waals surface area contributed by atoms with Crippen molar-refractivity contribution < 1.29 is 9.53 Å². The Morgan fingerprint density at radius 2 is 2.36 bits per heavy atom. The number of rotatable bonds is 3. The Bertz CT molecular complexity index is 345. The van der Waals surface area contributed by atoms with Gasteiger partial charge in [-0.3, -0.25) is 0 Å². The molecule has 0 spiro atoms. The monoisotopic (exact) mass is 254 g/mol. The van der Waals surface area contributed by atoms with Gasteiger partial charge in [0.15, 0.2) is 0 Å². The minimum atomic E-state index is -0.313. The van der Waals surface area contributed by atoms with Gasteiger partial charge in [0.1, 0.15) is 0 Å². The molecule has 0 fully saturated rings. The molecular weight excluding hydrogens is 244 g/mol. The largest absolute Gasteiger partial charge is 0.463 e. The minimum absolute atomic E-state index is 0.313. The van der Waals surface area contributed by atoms with E-state index in [1.165, 1.54) is 6.08 Å². The summed E-state index contributed by atoms with van der Waals surface area (Å²) in [5.41, 5.74) is 0.965. The van der Waals surface area contributed by atoms with E-state index in [-0.39, 0.29) is 5.97 Å². The van der Waals surface area contributed by atoms with Crippen molar-refractivity contribution in [2.24, 2.45) is 0 Å². The van der Waals surface area contributed by atoms with E-state index < -0.39 is 0 Å². The van der Waals surface area contributed by atoms with E-state index in [1.807, 2.05) is 24.3 Å². The fourth-order valence-electron chi connectivity index (χ4n) is 0.965. The first-order valence-corrected chi connectivity index (χ1v) is 5.12. The third kappa shape index (κ3) is 3.75. The summed E-state index contributed by atoms with van der Waals surface area (Å²) in [5.74, 6) is -0.313. The number of halogens is 1. The Morgan fingerprint density at radius 3 is 3.00 bits per heavy atom. The number of esters is 1. The lowest BCUT2D eigenvalue weighted by atomic mass is 10.2. The van der Waals surface area contributed by atoms with Crippen molar-refractivity contribution in [3.05, 3.63) is 40.4 Å². The van der Waals surface area contributed by atoms with Gasteiger partial charge in [0.2, 0.25) is 0 Å². The van der Waals surface area contributed by atoms with Crippen LogP contribution in [0.4, 0.5) is 0 Å². The molecule has 0 bridgehead atoms. The molecule has 0 unspecified atom stereocenters. The van der Waals surface area contributed by atoms with Crippen LogP contribution in [0.2, 0.25) is 0 Å². The maximum Gasteiger partial charge on any atom is 0.330 e. The van der Waals surface area contributed by atoms with Crippen molar-refractivity contribution in [3.8, 4) is 0 Å². The summed E-state index contributed by atoms with van der Waals surface area (Å²) in [7, 11) is 0. The van der Waals surface area contributed by atoms with E-state index >= 15 is 0 Å². The molecule has 0 aliphatic heterocycles. The second-order valence-corrected chi connectivity index (χ2v) is 3.56. The quantitative estimate of drug-likeness (QED) is 0.613. The Balaban J connectivity index is 2.64. The van der Waals surface area contributed by atoms with Crippen molar-refractivity contribution in [3.63, 3.8) is 0 Å². The molecule has 1 aromatic rings. The predicted molar refractivity (Wildman–Crippen MR) is 59.8 cm³/mol. The highest BCUT2D eigenvalue weighted by molar-refractivity contribution is 9.10. The van der Waals surface area contributed by atoms with Gasteiger partial charge in [0, 0.05) is 10.5 Å². The van der Waals surface area contributed by atoms with Crippen LogP contribution in [0.5, 0.6) is 0 Å². The zero-order valence-electron chi connectivity index (χ0n) is 7.87. The summed E-state index contributed by atoms with van der Waals surface area (Å²) in [4.78, 5) is 11.0. The van der Waals surface area contributed by atoms with Crippen molar-refractivity contribution in [1.82, 2.24) is 0 Å². The molecule has 0 saturated heterocycles. The number of hydrogen-bond donors (Lipinski definition) is 0. The lowest BCUT2D eigenvalue weighted by molar-refractivity contribution is -0.137. The van der Waals surface area contributed by atoms with Crippen LogP contribution in [0.1, 0.15) is 12.5 Å². The maximum absolute atomic E-state index is 11.0. The van der Waals surface area contributed by atoms with Crippen molar-refractivity contribution in [2.75, 3.05) is 6.61 Å². The van der Waals surface area contributed by atoms with E-state index in [9.17, 15) is 4.79 Å². The molecule has 0 aromatic heterocycles. The van der Waals surface area contributed by atoms with Crippen LogP contribution in [0.25, 0.3) is 6.08 Å². The van der Waals surface area contributed by atoms with E-state index in [0.29, 0.717) is 6.61 Å². The second-order valence-electron chi connectivity index (χ2n) is 2.64. The maximum atomic E-state index is 11.0. The van der Waals surface area contributed by atoms with Crippen LogP contribution < -0.4 is 0 Å². The Hall–Kier alpha value is -1.09. The highest BCUT2D eigenvalue weighted by Gasteiger charge is 1.93. The minimum Gasteiger partial charge on any atom is -0.463 e. The average Bonchev–Trinajstić information content (AvgIpc) is 2.15. The molecule has 0 N–H and O–H groups in total. The van der Waals surface area contributed by atoms with Crippen molar-refractivity contribution in [2.45, 2.75) is 6.92 Å².